The average molecular weight is 252 g/mol. The number of hydrogen-bond donors (Lipinski definition) is 2. The number of alkyl halides is 3. The fraction of sp³-hybridized carbons (Fsp3) is 0.400. The van der Waals surface area contributed by atoms with Crippen LogP contribution >= 0.6 is 0 Å². The van der Waals surface area contributed by atoms with Crippen LogP contribution in [0.1, 0.15) is 11.7 Å². The van der Waals surface area contributed by atoms with Crippen molar-refractivity contribution in [2.45, 2.75) is 12.3 Å². The zero-order chi connectivity index (χ0) is 13.2. The van der Waals surface area contributed by atoms with Gasteiger partial charge in [-0.1, -0.05) is 0 Å². The Bertz CT molecular complexity index is 378. The number of ether oxygens (including phenoxy) is 2. The van der Waals surface area contributed by atoms with Crippen molar-refractivity contribution in [3.05, 3.63) is 17.7 Å². The van der Waals surface area contributed by atoms with Crippen LogP contribution in [-0.2, 0) is 0 Å². The van der Waals surface area contributed by atoms with Crippen LogP contribution in [0.3, 0.4) is 0 Å². The monoisotopic (exact) mass is 252 g/mol. The Morgan fingerprint density at radius 2 is 1.53 bits per heavy atom. The highest BCUT2D eigenvalue weighted by molar-refractivity contribution is 5.53. The summed E-state index contributed by atoms with van der Waals surface area (Å²) in [7, 11) is 2.36. The number of phenolic OH excluding ortho intramolecular Hbond substituents is 1. The number of hydrogen-bond acceptors (Lipinski definition) is 4. The van der Waals surface area contributed by atoms with Crippen LogP contribution in [-0.4, -0.2) is 30.6 Å². The van der Waals surface area contributed by atoms with Crippen molar-refractivity contribution >= 4 is 0 Å². The Hall–Kier alpha value is -1.63. The minimum atomic E-state index is -4.80. The molecule has 0 saturated heterocycles. The zero-order valence-corrected chi connectivity index (χ0v) is 9.08. The topological polar surface area (TPSA) is 58.9 Å². The number of rotatable bonds is 3. The minimum Gasteiger partial charge on any atom is -0.502 e. The van der Waals surface area contributed by atoms with Gasteiger partial charge in [0.1, 0.15) is 0 Å². The third-order valence-electron chi connectivity index (χ3n) is 2.13. The van der Waals surface area contributed by atoms with Crippen LogP contribution in [0, 0.1) is 0 Å². The molecule has 0 aliphatic heterocycles. The predicted molar refractivity (Wildman–Crippen MR) is 52.2 cm³/mol. The van der Waals surface area contributed by atoms with Gasteiger partial charge < -0.3 is 19.7 Å². The van der Waals surface area contributed by atoms with Crippen LogP contribution in [0.5, 0.6) is 17.2 Å². The lowest BCUT2D eigenvalue weighted by atomic mass is 10.1. The molecule has 0 aliphatic carbocycles. The molecule has 1 aromatic rings. The number of phenols is 1. The van der Waals surface area contributed by atoms with E-state index in [9.17, 15) is 18.3 Å². The number of methoxy groups -OCH3 is 2. The summed E-state index contributed by atoms with van der Waals surface area (Å²) in [4.78, 5) is 0. The van der Waals surface area contributed by atoms with Crippen molar-refractivity contribution in [2.75, 3.05) is 14.2 Å². The van der Waals surface area contributed by atoms with Crippen LogP contribution in [0.2, 0.25) is 0 Å². The summed E-state index contributed by atoms with van der Waals surface area (Å²) in [6, 6.07) is 1.80. The quantitative estimate of drug-likeness (QED) is 0.863. The van der Waals surface area contributed by atoms with Crippen LogP contribution in [0.4, 0.5) is 13.2 Å². The number of halogens is 3. The summed E-state index contributed by atoms with van der Waals surface area (Å²) in [6.07, 6.45) is -7.46. The molecule has 7 heteroatoms. The molecule has 1 rings (SSSR count). The lowest BCUT2D eigenvalue weighted by Gasteiger charge is -2.17. The number of aliphatic hydroxyl groups excluding tert-OH is 1. The largest absolute Gasteiger partial charge is 0.502 e. The number of benzene rings is 1. The van der Waals surface area contributed by atoms with Gasteiger partial charge in [-0.25, -0.2) is 0 Å². The van der Waals surface area contributed by atoms with Gasteiger partial charge in [-0.05, 0) is 17.7 Å². The first-order chi connectivity index (χ1) is 7.81. The molecule has 0 saturated carbocycles. The van der Waals surface area contributed by atoms with Crippen molar-refractivity contribution in [1.82, 2.24) is 0 Å². The minimum absolute atomic E-state index is 0.206. The standard InChI is InChI=1S/C10H11F3O4/c1-16-6-3-5(9(15)10(11,12)13)4-7(17-2)8(6)14/h3-4,9,14-15H,1-2H3. The molecule has 1 atom stereocenters. The van der Waals surface area contributed by atoms with Crippen LogP contribution < -0.4 is 9.47 Å². The molecule has 96 valence electrons. The molecule has 0 amide bonds. The van der Waals surface area contributed by atoms with E-state index in [0.29, 0.717) is 0 Å². The molecular formula is C10H11F3O4. The van der Waals surface area contributed by atoms with Gasteiger partial charge in [0.05, 0.1) is 14.2 Å². The fourth-order valence-corrected chi connectivity index (χ4v) is 1.26. The highest BCUT2D eigenvalue weighted by atomic mass is 19.4. The Kier molecular flexibility index (Phi) is 3.72. The molecule has 0 aliphatic rings. The van der Waals surface area contributed by atoms with Crippen molar-refractivity contribution in [3.63, 3.8) is 0 Å². The average Bonchev–Trinajstić information content (AvgIpc) is 2.27. The second-order valence-corrected chi connectivity index (χ2v) is 3.22. The molecule has 1 aromatic carbocycles. The molecule has 0 fully saturated rings. The van der Waals surface area contributed by atoms with E-state index in [-0.39, 0.29) is 11.5 Å². The summed E-state index contributed by atoms with van der Waals surface area (Å²) in [6.45, 7) is 0. The first-order valence-electron chi connectivity index (χ1n) is 4.51. The Morgan fingerprint density at radius 3 is 1.82 bits per heavy atom. The van der Waals surface area contributed by atoms with Gasteiger partial charge in [-0.15, -0.1) is 0 Å². The summed E-state index contributed by atoms with van der Waals surface area (Å²) in [5.41, 5.74) is -0.469. The van der Waals surface area contributed by atoms with E-state index in [4.69, 9.17) is 5.11 Å². The lowest BCUT2D eigenvalue weighted by molar-refractivity contribution is -0.206. The molecule has 1 unspecified atom stereocenters. The van der Waals surface area contributed by atoms with Gasteiger partial charge in [0.25, 0.3) is 0 Å². The second-order valence-electron chi connectivity index (χ2n) is 3.22. The van der Waals surface area contributed by atoms with Crippen molar-refractivity contribution < 1.29 is 32.9 Å². The highest BCUT2D eigenvalue weighted by Gasteiger charge is 2.40. The third-order valence-corrected chi connectivity index (χ3v) is 2.13. The first kappa shape index (κ1) is 13.4. The predicted octanol–water partition coefficient (Wildman–Crippen LogP) is 2.01. The van der Waals surface area contributed by atoms with Crippen molar-refractivity contribution in [1.29, 1.82) is 0 Å². The summed E-state index contributed by atoms with van der Waals surface area (Å²) < 4.78 is 46.3. The van der Waals surface area contributed by atoms with Gasteiger partial charge in [0.2, 0.25) is 5.75 Å². The van der Waals surface area contributed by atoms with Gasteiger partial charge in [0.15, 0.2) is 17.6 Å². The fourth-order valence-electron chi connectivity index (χ4n) is 1.26. The lowest BCUT2D eigenvalue weighted by Crippen LogP contribution is -2.20. The molecular weight excluding hydrogens is 241 g/mol. The Labute approximate surface area is 95.2 Å². The molecule has 17 heavy (non-hydrogen) atoms. The molecule has 4 nitrogen and oxygen atoms in total. The highest BCUT2D eigenvalue weighted by Crippen LogP contribution is 2.41. The Morgan fingerprint density at radius 1 is 1.12 bits per heavy atom. The second kappa shape index (κ2) is 4.70. The van der Waals surface area contributed by atoms with Crippen LogP contribution in [0.25, 0.3) is 0 Å². The zero-order valence-electron chi connectivity index (χ0n) is 9.08. The van der Waals surface area contributed by atoms with E-state index in [0.717, 1.165) is 12.1 Å². The van der Waals surface area contributed by atoms with Crippen molar-refractivity contribution in [3.8, 4) is 17.2 Å². The van der Waals surface area contributed by atoms with E-state index in [1.165, 1.54) is 14.2 Å². The normalized spacial score (nSPS) is 13.3. The summed E-state index contributed by atoms with van der Waals surface area (Å²) in [5.74, 6) is -0.835. The van der Waals surface area contributed by atoms with Gasteiger partial charge in [-0.3, -0.25) is 0 Å². The maximum Gasteiger partial charge on any atom is 0.418 e. The van der Waals surface area contributed by atoms with Gasteiger partial charge >= 0.3 is 6.18 Å². The van der Waals surface area contributed by atoms with E-state index < -0.39 is 23.6 Å². The van der Waals surface area contributed by atoms with E-state index in [2.05, 4.69) is 9.47 Å². The van der Waals surface area contributed by atoms with E-state index in [1.807, 2.05) is 0 Å². The number of aliphatic hydroxyl groups is 1. The maximum absolute atomic E-state index is 12.3. The SMILES string of the molecule is COc1cc(C(O)C(F)(F)F)cc(OC)c1O. The maximum atomic E-state index is 12.3. The van der Waals surface area contributed by atoms with Crippen LogP contribution in [0.15, 0.2) is 12.1 Å². The first-order valence-corrected chi connectivity index (χ1v) is 4.51. The smallest absolute Gasteiger partial charge is 0.418 e. The van der Waals surface area contributed by atoms with Gasteiger partial charge in [-0.2, -0.15) is 13.2 Å². The number of aromatic hydroxyl groups is 1. The molecule has 0 spiro atoms. The molecule has 0 heterocycles. The molecule has 0 bridgehead atoms. The summed E-state index contributed by atoms with van der Waals surface area (Å²) >= 11 is 0. The van der Waals surface area contributed by atoms with Gasteiger partial charge in [0, 0.05) is 0 Å². The van der Waals surface area contributed by atoms with E-state index >= 15 is 0 Å². The molecule has 2 N–H and O–H groups in total. The molecule has 0 radical (unpaired) electrons. The van der Waals surface area contributed by atoms with E-state index in [1.54, 1.807) is 0 Å². The third kappa shape index (κ3) is 2.73. The Balaban J connectivity index is 3.27. The molecule has 0 aromatic heterocycles. The summed E-state index contributed by atoms with van der Waals surface area (Å²) in [5, 5.41) is 18.6. The van der Waals surface area contributed by atoms with Crippen molar-refractivity contribution in [2.24, 2.45) is 0 Å².